The number of para-hydroxylation sites is 1. The first-order valence-electron chi connectivity index (χ1n) is 13.2. The number of nitrogens with one attached hydrogen (secondary N) is 2. The van der Waals surface area contributed by atoms with E-state index in [0.29, 0.717) is 48.1 Å². The summed E-state index contributed by atoms with van der Waals surface area (Å²) in [6.45, 7) is 10.1. The molecule has 1 aromatic heterocycles. The lowest BCUT2D eigenvalue weighted by atomic mass is 10.0. The maximum Gasteiger partial charge on any atom is 0.337 e. The van der Waals surface area contributed by atoms with Crippen molar-refractivity contribution >= 4 is 34.4 Å². The van der Waals surface area contributed by atoms with Crippen LogP contribution in [-0.4, -0.2) is 46.2 Å². The molecule has 2 aliphatic rings. The van der Waals surface area contributed by atoms with E-state index in [1.165, 1.54) is 0 Å². The highest BCUT2D eigenvalue weighted by Gasteiger charge is 2.59. The van der Waals surface area contributed by atoms with Gasteiger partial charge in [-0.2, -0.15) is 0 Å². The quantitative estimate of drug-likeness (QED) is 0.418. The molecule has 3 atom stereocenters. The molecule has 1 aliphatic heterocycles. The van der Waals surface area contributed by atoms with Crippen LogP contribution in [0.1, 0.15) is 48.3 Å². The Morgan fingerprint density at radius 1 is 1.13 bits per heavy atom. The summed E-state index contributed by atoms with van der Waals surface area (Å²) in [7, 11) is 1.74. The molecule has 1 saturated heterocycles. The first kappa shape index (κ1) is 25.8. The van der Waals surface area contributed by atoms with Crippen molar-refractivity contribution in [1.82, 2.24) is 14.9 Å². The zero-order chi connectivity index (χ0) is 27.3. The number of nitrogens with zero attached hydrogens (tertiary/aromatic N) is 3. The van der Waals surface area contributed by atoms with E-state index in [2.05, 4.69) is 29.4 Å². The van der Waals surface area contributed by atoms with Crippen molar-refractivity contribution in [2.24, 2.45) is 30.7 Å². The molecule has 2 aromatic carbocycles. The molecule has 3 aromatic rings. The zero-order valence-corrected chi connectivity index (χ0v) is 22.5. The summed E-state index contributed by atoms with van der Waals surface area (Å²) in [6.07, 6.45) is 0. The highest BCUT2D eigenvalue weighted by atomic mass is 16.4. The van der Waals surface area contributed by atoms with Crippen LogP contribution in [0.5, 0.6) is 0 Å². The average Bonchev–Trinajstić information content (AvgIpc) is 3.38. The predicted molar refractivity (Wildman–Crippen MR) is 148 cm³/mol. The Hall–Kier alpha value is -3.88. The van der Waals surface area contributed by atoms with Crippen molar-refractivity contribution in [2.45, 2.75) is 33.7 Å². The normalized spacial score (nSPS) is 20.9. The molecule has 9 nitrogen and oxygen atoms in total. The minimum atomic E-state index is -1.01. The van der Waals surface area contributed by atoms with Gasteiger partial charge in [0.15, 0.2) is 0 Å². The lowest BCUT2D eigenvalue weighted by Gasteiger charge is -2.25. The Kier molecular flexibility index (Phi) is 6.63. The number of rotatable bonds is 8. The van der Waals surface area contributed by atoms with Gasteiger partial charge in [-0.1, -0.05) is 32.0 Å². The SMILES string of the molecule is Cc1cc(C(C)Nc2ccccc2C(=O)O)c2nc(N3CC4C(C3)C4C(=O)NCC(C)C)n(C)c(=O)c2c1. The highest BCUT2D eigenvalue weighted by molar-refractivity contribution is 5.94. The molecule has 3 unspecified atom stereocenters. The van der Waals surface area contributed by atoms with E-state index < -0.39 is 5.97 Å². The number of carbonyl (C=O) groups is 2. The van der Waals surface area contributed by atoms with E-state index in [-0.39, 0.29) is 40.8 Å². The van der Waals surface area contributed by atoms with Crippen LogP contribution in [0.25, 0.3) is 10.9 Å². The second-order valence-corrected chi connectivity index (χ2v) is 11.1. The van der Waals surface area contributed by atoms with Crippen LogP contribution >= 0.6 is 0 Å². The van der Waals surface area contributed by atoms with E-state index in [1.807, 2.05) is 26.0 Å². The smallest absolute Gasteiger partial charge is 0.337 e. The van der Waals surface area contributed by atoms with Gasteiger partial charge in [0, 0.05) is 43.9 Å². The number of amides is 1. The van der Waals surface area contributed by atoms with E-state index in [0.717, 1.165) is 11.1 Å². The third-order valence-electron chi connectivity index (χ3n) is 7.79. The highest BCUT2D eigenvalue weighted by Crippen LogP contribution is 2.52. The third kappa shape index (κ3) is 4.61. The maximum atomic E-state index is 13.5. The molecule has 200 valence electrons. The molecule has 38 heavy (non-hydrogen) atoms. The van der Waals surface area contributed by atoms with Crippen molar-refractivity contribution in [3.8, 4) is 0 Å². The number of aromatic carboxylic acids is 1. The number of piperidine rings is 1. The number of benzene rings is 2. The number of fused-ring (bicyclic) bond motifs is 2. The molecule has 1 aliphatic carbocycles. The summed E-state index contributed by atoms with van der Waals surface area (Å²) < 4.78 is 1.60. The monoisotopic (exact) mass is 517 g/mol. The number of hydrogen-bond donors (Lipinski definition) is 3. The summed E-state index contributed by atoms with van der Waals surface area (Å²) in [6, 6.07) is 10.3. The lowest BCUT2D eigenvalue weighted by molar-refractivity contribution is -0.123. The Bertz CT molecular complexity index is 1470. The van der Waals surface area contributed by atoms with Crippen molar-refractivity contribution in [3.05, 3.63) is 63.4 Å². The Morgan fingerprint density at radius 3 is 2.47 bits per heavy atom. The minimum absolute atomic E-state index is 0.0409. The van der Waals surface area contributed by atoms with E-state index >= 15 is 0 Å². The summed E-state index contributed by atoms with van der Waals surface area (Å²) >= 11 is 0. The molecule has 9 heteroatoms. The van der Waals surface area contributed by atoms with E-state index in [1.54, 1.807) is 35.9 Å². The first-order chi connectivity index (χ1) is 18.1. The van der Waals surface area contributed by atoms with E-state index in [9.17, 15) is 19.5 Å². The predicted octanol–water partition coefficient (Wildman–Crippen LogP) is 3.57. The van der Waals surface area contributed by atoms with Gasteiger partial charge < -0.3 is 20.6 Å². The molecule has 1 saturated carbocycles. The second-order valence-electron chi connectivity index (χ2n) is 11.1. The van der Waals surface area contributed by atoms with Crippen LogP contribution in [0.15, 0.2) is 41.2 Å². The number of carboxylic acids is 1. The molecule has 5 rings (SSSR count). The molecule has 0 spiro atoms. The third-order valence-corrected chi connectivity index (χ3v) is 7.79. The van der Waals surface area contributed by atoms with Gasteiger partial charge in [0.2, 0.25) is 11.9 Å². The topological polar surface area (TPSA) is 117 Å². The van der Waals surface area contributed by atoms with Crippen LogP contribution in [-0.2, 0) is 11.8 Å². The summed E-state index contributed by atoms with van der Waals surface area (Å²) in [5, 5.41) is 16.5. The van der Waals surface area contributed by atoms with Gasteiger partial charge in [-0.05, 0) is 55.4 Å². The average molecular weight is 518 g/mol. The van der Waals surface area contributed by atoms with E-state index in [4.69, 9.17) is 4.98 Å². The summed E-state index contributed by atoms with van der Waals surface area (Å²) in [4.78, 5) is 44.9. The fraction of sp³-hybridized carbons (Fsp3) is 0.448. The standard InChI is InChI=1S/C29H35N5O4/c1-15(2)12-30-26(35)24-21-13-34(14-22(21)24)29-32-25-19(10-16(3)11-20(25)27(36)33(29)5)17(4)31-23-9-7-6-8-18(23)28(37)38/h6-11,15,17,21-22,24,31H,12-14H2,1-5H3,(H,30,35)(H,37,38). The number of aromatic nitrogens is 2. The number of carboxylic acid groups (broad SMARTS) is 1. The van der Waals surface area contributed by atoms with Gasteiger partial charge >= 0.3 is 5.97 Å². The maximum absolute atomic E-state index is 13.5. The Balaban J connectivity index is 1.44. The van der Waals surface area contributed by atoms with Crippen LogP contribution in [0.4, 0.5) is 11.6 Å². The van der Waals surface area contributed by atoms with Gasteiger partial charge in [0.05, 0.1) is 22.5 Å². The van der Waals surface area contributed by atoms with Gasteiger partial charge in [-0.25, -0.2) is 9.78 Å². The first-order valence-corrected chi connectivity index (χ1v) is 13.2. The summed E-state index contributed by atoms with van der Waals surface area (Å²) in [5.74, 6) is 0.734. The second kappa shape index (κ2) is 9.78. The van der Waals surface area contributed by atoms with Crippen molar-refractivity contribution in [1.29, 1.82) is 0 Å². The van der Waals surface area contributed by atoms with Gasteiger partial charge in [0.1, 0.15) is 0 Å². The van der Waals surface area contributed by atoms with Crippen molar-refractivity contribution in [3.63, 3.8) is 0 Å². The molecule has 2 heterocycles. The Morgan fingerprint density at radius 2 is 1.82 bits per heavy atom. The fourth-order valence-corrected chi connectivity index (χ4v) is 5.76. The Labute approximate surface area is 221 Å². The molecule has 3 N–H and O–H groups in total. The van der Waals surface area contributed by atoms with Crippen LogP contribution in [0, 0.1) is 30.6 Å². The van der Waals surface area contributed by atoms with Crippen LogP contribution in [0.2, 0.25) is 0 Å². The van der Waals surface area contributed by atoms with Gasteiger partial charge in [0.25, 0.3) is 5.56 Å². The molecule has 0 bridgehead atoms. The molecule has 2 fully saturated rings. The summed E-state index contributed by atoms with van der Waals surface area (Å²) in [5.41, 5.74) is 2.93. The molecule has 0 radical (unpaired) electrons. The van der Waals surface area contributed by atoms with Crippen molar-refractivity contribution < 1.29 is 14.7 Å². The molecular formula is C29H35N5O4. The van der Waals surface area contributed by atoms with Gasteiger partial charge in [-0.3, -0.25) is 14.2 Å². The lowest BCUT2D eigenvalue weighted by Crippen LogP contribution is -2.36. The fourth-order valence-electron chi connectivity index (χ4n) is 5.76. The zero-order valence-electron chi connectivity index (χ0n) is 22.5. The number of hydrogen-bond acceptors (Lipinski definition) is 6. The number of anilines is 2. The van der Waals surface area contributed by atoms with Crippen LogP contribution < -0.4 is 21.1 Å². The van der Waals surface area contributed by atoms with Crippen molar-refractivity contribution in [2.75, 3.05) is 29.9 Å². The molecular weight excluding hydrogens is 482 g/mol. The van der Waals surface area contributed by atoms with Crippen LogP contribution in [0.3, 0.4) is 0 Å². The largest absolute Gasteiger partial charge is 0.478 e. The minimum Gasteiger partial charge on any atom is -0.478 e. The number of aryl methyl sites for hydroxylation is 1. The molecule has 1 amide bonds. The number of carbonyl (C=O) groups excluding carboxylic acids is 1. The van der Waals surface area contributed by atoms with Gasteiger partial charge in [-0.15, -0.1) is 0 Å².